The zero-order valence-electron chi connectivity index (χ0n) is 48.2. The van der Waals surface area contributed by atoms with Crippen LogP contribution in [0.3, 0.4) is 0 Å². The minimum Gasteiger partial charge on any atom is -0.456 e. The Morgan fingerprint density at radius 1 is 0.769 bits per heavy atom. The van der Waals surface area contributed by atoms with Crippen LogP contribution in [0, 0.1) is 17.8 Å². The fourth-order valence-corrected chi connectivity index (χ4v) is 11.2. The van der Waals surface area contributed by atoms with Gasteiger partial charge in [0.1, 0.15) is 42.7 Å². The average molecular weight is 1120 g/mol. The van der Waals surface area contributed by atoms with Crippen molar-refractivity contribution in [2.45, 2.75) is 242 Å². The Morgan fingerprint density at radius 3 is 2.09 bits per heavy atom. The molecule has 4 fully saturated rings. The summed E-state index contributed by atoms with van der Waals surface area (Å²) in [6.45, 7) is 17.2. The Kier molecular flexibility index (Phi) is 25.1. The number of cyclic esters (lactones) is 1. The van der Waals surface area contributed by atoms with Crippen LogP contribution in [-0.2, 0) is 61.6 Å². The molecule has 0 unspecified atom stereocenters. The van der Waals surface area contributed by atoms with E-state index in [4.69, 9.17) is 56.8 Å². The second kappa shape index (κ2) is 29.6. The number of hydrogen-bond donors (Lipinski definition) is 8. The van der Waals surface area contributed by atoms with Crippen LogP contribution in [0.4, 0.5) is 0 Å². The van der Waals surface area contributed by atoms with E-state index in [9.17, 15) is 45.6 Å². The zero-order valence-corrected chi connectivity index (χ0v) is 48.2. The van der Waals surface area contributed by atoms with Gasteiger partial charge in [0.15, 0.2) is 18.9 Å². The van der Waals surface area contributed by atoms with Crippen molar-refractivity contribution in [3.05, 3.63) is 59.3 Å². The molecule has 5 aliphatic rings. The van der Waals surface area contributed by atoms with Crippen molar-refractivity contribution >= 4 is 5.97 Å². The Labute approximate surface area is 461 Å². The fraction of sp³-hybridized carbons (Fsp3) is 0.807. The number of carbonyl (C=O) groups is 1. The third-order valence-corrected chi connectivity index (χ3v) is 16.2. The van der Waals surface area contributed by atoms with Crippen LogP contribution in [0.5, 0.6) is 0 Å². The molecule has 5 aliphatic heterocycles. The van der Waals surface area contributed by atoms with Gasteiger partial charge >= 0.3 is 5.97 Å². The highest BCUT2D eigenvalue weighted by molar-refractivity contribution is 5.88. The van der Waals surface area contributed by atoms with Crippen LogP contribution in [0.2, 0.25) is 0 Å². The van der Waals surface area contributed by atoms with E-state index in [1.807, 2.05) is 38.2 Å². The number of aliphatic hydroxyl groups excluding tert-OH is 6. The van der Waals surface area contributed by atoms with Crippen LogP contribution in [0.25, 0.3) is 0 Å². The topological polar surface area (TPSA) is 290 Å². The Bertz CT molecular complexity index is 2030. The van der Waals surface area contributed by atoms with Gasteiger partial charge in [0.05, 0.1) is 73.2 Å². The van der Waals surface area contributed by atoms with E-state index in [-0.39, 0.29) is 50.2 Å². The molecule has 0 bridgehead atoms. The molecule has 21 nitrogen and oxygen atoms in total. The van der Waals surface area contributed by atoms with E-state index in [1.165, 1.54) is 42.3 Å². The number of carbonyl (C=O) groups excluding carboxylic acids is 1. The first-order chi connectivity index (χ1) is 36.7. The van der Waals surface area contributed by atoms with Crippen LogP contribution in [0.15, 0.2) is 59.3 Å². The summed E-state index contributed by atoms with van der Waals surface area (Å²) in [7, 11) is 5.79. The lowest BCUT2D eigenvalue weighted by molar-refractivity contribution is -0.366. The standard InChI is InChI=1S/C57H94O21/c1-29-17-16-20-39(58)42(68-12)25-44(75-54(64)32(4)23-30(2)18-15-19-31(3)40(22-21-29)76-55-50(62)49(61)51(70-14)36(8)73-55)52(63)57(66)34(6)47(59)33(5)41(78-57)24-38(28-67-11)74-46-27-56(10,65)53(37(9)72-46)77-45-26-43(69-13)48(60)35(7)71-45/h15,17-19,21-23,31,33-53,55,58-63,65-66H,16,20,24-28H2,1-14H3/b19-15-,22-21-,29-17-,30-18-,32-23-/t31-,33+,34-,35-,36+,37+,38-,39+,40-,41-,42+,43-,44+,45+,46+,47+,48-,49+,50+,51+,52-,53+,55+,56+,57-/m1/s1. The second-order valence-electron chi connectivity index (χ2n) is 22.5. The van der Waals surface area contributed by atoms with E-state index in [0.717, 1.165) is 5.57 Å². The molecule has 0 aromatic heterocycles. The van der Waals surface area contributed by atoms with E-state index in [2.05, 4.69) is 0 Å². The molecule has 4 saturated heterocycles. The number of allylic oxidation sites excluding steroid dienone is 7. The monoisotopic (exact) mass is 1110 g/mol. The van der Waals surface area contributed by atoms with Crippen LogP contribution in [-0.4, -0.2) is 216 Å². The Hall–Kier alpha value is -2.59. The third kappa shape index (κ3) is 16.8. The van der Waals surface area contributed by atoms with E-state index in [0.29, 0.717) is 12.0 Å². The first-order valence-corrected chi connectivity index (χ1v) is 27.5. The first kappa shape index (κ1) is 66.2. The predicted molar refractivity (Wildman–Crippen MR) is 283 cm³/mol. The van der Waals surface area contributed by atoms with Crippen molar-refractivity contribution in [3.8, 4) is 0 Å². The van der Waals surface area contributed by atoms with Gasteiger partial charge in [-0.3, -0.25) is 0 Å². The number of ether oxygens (including phenoxy) is 12. The lowest BCUT2D eigenvalue weighted by atomic mass is 9.76. The number of methoxy groups -OCH3 is 4. The molecule has 0 amide bonds. The number of hydrogen-bond acceptors (Lipinski definition) is 21. The molecular weight excluding hydrogens is 1020 g/mol. The highest BCUT2D eigenvalue weighted by Gasteiger charge is 2.57. The Balaban J connectivity index is 1.36. The van der Waals surface area contributed by atoms with Crippen LogP contribution < -0.4 is 0 Å². The zero-order chi connectivity index (χ0) is 58.0. The fourth-order valence-electron chi connectivity index (χ4n) is 11.2. The van der Waals surface area contributed by atoms with Crippen LogP contribution >= 0.6 is 0 Å². The third-order valence-electron chi connectivity index (χ3n) is 16.2. The van der Waals surface area contributed by atoms with Gasteiger partial charge in [-0.2, -0.15) is 0 Å². The molecule has 8 N–H and O–H groups in total. The summed E-state index contributed by atoms with van der Waals surface area (Å²) in [5.41, 5.74) is 0.141. The maximum absolute atomic E-state index is 14.1. The Morgan fingerprint density at radius 2 is 1.45 bits per heavy atom. The number of aliphatic hydroxyl groups is 8. The molecule has 0 radical (unpaired) electrons. The number of esters is 1. The van der Waals surface area contributed by atoms with Crippen molar-refractivity contribution in [1.29, 1.82) is 0 Å². The summed E-state index contributed by atoms with van der Waals surface area (Å²) in [4.78, 5) is 14.1. The summed E-state index contributed by atoms with van der Waals surface area (Å²) < 4.78 is 71.8. The van der Waals surface area contributed by atoms with E-state index in [1.54, 1.807) is 59.8 Å². The predicted octanol–water partition coefficient (Wildman–Crippen LogP) is 3.20. The summed E-state index contributed by atoms with van der Waals surface area (Å²) in [6.07, 6.45) is -6.64. The molecule has 25 atom stereocenters. The normalized spacial score (nSPS) is 46.7. The van der Waals surface area contributed by atoms with Gasteiger partial charge in [-0.25, -0.2) is 4.79 Å². The molecule has 448 valence electrons. The summed E-state index contributed by atoms with van der Waals surface area (Å²) in [5, 5.41) is 92.4. The van der Waals surface area contributed by atoms with Crippen molar-refractivity contribution < 1.29 is 102 Å². The molecule has 5 rings (SSSR count). The van der Waals surface area contributed by atoms with E-state index >= 15 is 0 Å². The highest BCUT2D eigenvalue weighted by Crippen LogP contribution is 2.43. The van der Waals surface area contributed by atoms with Gasteiger partial charge in [0.2, 0.25) is 5.79 Å². The molecule has 0 aromatic carbocycles. The van der Waals surface area contributed by atoms with Gasteiger partial charge in [-0.05, 0) is 67.4 Å². The van der Waals surface area contributed by atoms with Crippen LogP contribution in [0.1, 0.15) is 108 Å². The van der Waals surface area contributed by atoms with Gasteiger partial charge in [0.25, 0.3) is 0 Å². The molecule has 5 heterocycles. The van der Waals surface area contributed by atoms with Crippen molar-refractivity contribution in [2.24, 2.45) is 17.8 Å². The smallest absolute Gasteiger partial charge is 0.334 e. The molecule has 0 saturated carbocycles. The average Bonchev–Trinajstić information content (AvgIpc) is 3.44. The van der Waals surface area contributed by atoms with Crippen molar-refractivity contribution in [2.75, 3.05) is 35.0 Å². The molecule has 0 aromatic rings. The highest BCUT2D eigenvalue weighted by atomic mass is 16.7. The minimum atomic E-state index is -2.54. The van der Waals surface area contributed by atoms with Gasteiger partial charge in [-0.1, -0.05) is 68.4 Å². The maximum atomic E-state index is 14.1. The molecule has 21 heteroatoms. The lowest BCUT2D eigenvalue weighted by Gasteiger charge is -2.51. The van der Waals surface area contributed by atoms with Gasteiger partial charge in [0, 0.05) is 77.4 Å². The van der Waals surface area contributed by atoms with Gasteiger partial charge < -0.3 is 97.7 Å². The maximum Gasteiger partial charge on any atom is 0.334 e. The molecule has 0 spiro atoms. The van der Waals surface area contributed by atoms with Crippen molar-refractivity contribution in [3.63, 3.8) is 0 Å². The number of rotatable bonds is 15. The minimum absolute atomic E-state index is 0.00790. The largest absolute Gasteiger partial charge is 0.456 e. The summed E-state index contributed by atoms with van der Waals surface area (Å²) in [6, 6.07) is 0. The second-order valence-corrected chi connectivity index (χ2v) is 22.5. The summed E-state index contributed by atoms with van der Waals surface area (Å²) in [5.74, 6) is -5.44. The molecule has 78 heavy (non-hydrogen) atoms. The SMILES string of the molecule is COC[C@@H](C[C@H]1O[C@@](O)([C@H](O)[C@@H]2C[C@H](OC)[C@@H](O)CC/C=C(C)\C=C/[C@@H](O[C@@H]3O[C@@H](C)[C@H](OC)[C@@H](O)[C@@H]3O)[C@H](C)\C=C/C=C(C)\C=C(\C)C(=O)O2)[C@H](C)[C@@H](O)[C@H]1C)O[C@H]1C[C@](C)(O)[C@@H](O[C@H]2C[C@@H](OC)[C@H](O)[C@@H](C)O2)[C@H](C)O1. The molecule has 0 aliphatic carbocycles. The van der Waals surface area contributed by atoms with Crippen molar-refractivity contribution in [1.82, 2.24) is 0 Å². The summed E-state index contributed by atoms with van der Waals surface area (Å²) >= 11 is 0. The molecular formula is C57H94O21. The first-order valence-electron chi connectivity index (χ1n) is 27.5. The van der Waals surface area contributed by atoms with Gasteiger partial charge in [-0.15, -0.1) is 0 Å². The quantitative estimate of drug-likeness (QED) is 0.109. The van der Waals surface area contributed by atoms with E-state index < -0.39 is 152 Å². The lowest BCUT2D eigenvalue weighted by Crippen LogP contribution is -2.66.